The van der Waals surface area contributed by atoms with Crippen molar-refractivity contribution in [3.63, 3.8) is 0 Å². The molecule has 5 heteroatoms. The van der Waals surface area contributed by atoms with E-state index in [1.54, 1.807) is 0 Å². The van der Waals surface area contributed by atoms with Crippen LogP contribution in [0.1, 0.15) is 24.0 Å². The Morgan fingerprint density at radius 1 is 1.38 bits per heavy atom. The Labute approximate surface area is 91.0 Å². The second-order valence-corrected chi connectivity index (χ2v) is 3.37. The van der Waals surface area contributed by atoms with E-state index in [0.717, 1.165) is 12.1 Å². The minimum Gasteiger partial charge on any atom is -0.469 e. The van der Waals surface area contributed by atoms with Crippen LogP contribution in [0.3, 0.4) is 0 Å². The van der Waals surface area contributed by atoms with Crippen molar-refractivity contribution < 1.29 is 22.7 Å². The zero-order valence-corrected chi connectivity index (χ0v) is 8.84. The van der Waals surface area contributed by atoms with Crippen LogP contribution in [0.5, 0.6) is 0 Å². The number of rotatable bonds is 2. The van der Waals surface area contributed by atoms with E-state index in [9.17, 15) is 18.0 Å². The van der Waals surface area contributed by atoms with Crippen molar-refractivity contribution in [3.05, 3.63) is 35.4 Å². The molecule has 0 aliphatic rings. The number of ether oxygens (including phenoxy) is 1. The monoisotopic (exact) mass is 232 g/mol. The summed E-state index contributed by atoms with van der Waals surface area (Å²) in [6.07, 6.45) is -4.40. The highest BCUT2D eigenvalue weighted by Gasteiger charge is 2.31. The van der Waals surface area contributed by atoms with Crippen molar-refractivity contribution in [3.8, 4) is 0 Å². The highest BCUT2D eigenvalue weighted by Crippen LogP contribution is 2.31. The zero-order valence-electron chi connectivity index (χ0n) is 8.84. The van der Waals surface area contributed by atoms with E-state index in [1.165, 1.54) is 26.2 Å². The number of carbonyl (C=O) groups is 1. The highest BCUT2D eigenvalue weighted by molar-refractivity contribution is 5.77. The van der Waals surface area contributed by atoms with Crippen LogP contribution in [-0.4, -0.2) is 13.1 Å². The van der Waals surface area contributed by atoms with E-state index in [4.69, 9.17) is 0 Å². The van der Waals surface area contributed by atoms with Crippen molar-refractivity contribution in [2.75, 3.05) is 7.11 Å². The van der Waals surface area contributed by atoms with Crippen molar-refractivity contribution in [2.24, 2.45) is 0 Å². The lowest BCUT2D eigenvalue weighted by molar-refractivity contribution is -0.142. The van der Waals surface area contributed by atoms with Gasteiger partial charge in [0.1, 0.15) is 0 Å². The molecule has 0 saturated heterocycles. The fourth-order valence-electron chi connectivity index (χ4n) is 1.30. The highest BCUT2D eigenvalue weighted by atomic mass is 19.4. The Hall–Kier alpha value is -1.52. The van der Waals surface area contributed by atoms with Crippen LogP contribution >= 0.6 is 0 Å². The van der Waals surface area contributed by atoms with Gasteiger partial charge in [0.25, 0.3) is 0 Å². The molecule has 0 spiro atoms. The average Bonchev–Trinajstić information content (AvgIpc) is 2.26. The van der Waals surface area contributed by atoms with Crippen LogP contribution in [0, 0.1) is 0 Å². The first-order valence-corrected chi connectivity index (χ1v) is 4.61. The fourth-order valence-corrected chi connectivity index (χ4v) is 1.30. The maximum atomic E-state index is 12.4. The quantitative estimate of drug-likeness (QED) is 0.733. The molecule has 0 radical (unpaired) electrons. The first-order chi connectivity index (χ1) is 7.36. The van der Waals surface area contributed by atoms with Crippen molar-refractivity contribution in [1.29, 1.82) is 0 Å². The lowest BCUT2D eigenvalue weighted by atomic mass is 9.99. The van der Waals surface area contributed by atoms with Gasteiger partial charge in [-0.3, -0.25) is 4.79 Å². The van der Waals surface area contributed by atoms with Crippen molar-refractivity contribution in [1.82, 2.24) is 0 Å². The second kappa shape index (κ2) is 4.55. The second-order valence-electron chi connectivity index (χ2n) is 3.37. The van der Waals surface area contributed by atoms with Crippen LogP contribution in [0.4, 0.5) is 13.2 Å². The summed E-state index contributed by atoms with van der Waals surface area (Å²) in [5, 5.41) is 0. The number of esters is 1. The standard InChI is InChI=1S/C11H11F3O2/c1-7(10(15)16-2)8-4-3-5-9(6-8)11(12,13)14/h3-7H,1-2H3. The number of methoxy groups -OCH3 is 1. The minimum atomic E-state index is -4.40. The smallest absolute Gasteiger partial charge is 0.416 e. The Balaban J connectivity index is 3.04. The normalized spacial score (nSPS) is 13.3. The number of hydrogen-bond acceptors (Lipinski definition) is 2. The van der Waals surface area contributed by atoms with Crippen LogP contribution in [0.15, 0.2) is 24.3 Å². The molecule has 0 aromatic heterocycles. The average molecular weight is 232 g/mol. The zero-order chi connectivity index (χ0) is 12.3. The first-order valence-electron chi connectivity index (χ1n) is 4.61. The molecule has 16 heavy (non-hydrogen) atoms. The molecule has 0 saturated carbocycles. The summed E-state index contributed by atoms with van der Waals surface area (Å²) < 4.78 is 41.7. The molecule has 1 aromatic carbocycles. The topological polar surface area (TPSA) is 26.3 Å². The lowest BCUT2D eigenvalue weighted by Gasteiger charge is -2.12. The number of alkyl halides is 3. The molecular formula is C11H11F3O2. The van der Waals surface area contributed by atoms with Gasteiger partial charge in [-0.1, -0.05) is 18.2 Å². The van der Waals surface area contributed by atoms with Gasteiger partial charge in [0.15, 0.2) is 0 Å². The summed E-state index contributed by atoms with van der Waals surface area (Å²) in [6.45, 7) is 1.50. The number of carbonyl (C=O) groups excluding carboxylic acids is 1. The van der Waals surface area contributed by atoms with Crippen LogP contribution in [-0.2, 0) is 15.7 Å². The van der Waals surface area contributed by atoms with Gasteiger partial charge in [0.2, 0.25) is 0 Å². The lowest BCUT2D eigenvalue weighted by Crippen LogP contribution is -2.12. The molecule has 1 aromatic rings. The number of benzene rings is 1. The van der Waals surface area contributed by atoms with Gasteiger partial charge < -0.3 is 4.74 Å². The van der Waals surface area contributed by atoms with E-state index in [1.807, 2.05) is 0 Å². The Kier molecular flexibility index (Phi) is 3.57. The van der Waals surface area contributed by atoms with Crippen LogP contribution < -0.4 is 0 Å². The van der Waals surface area contributed by atoms with Crippen LogP contribution in [0.25, 0.3) is 0 Å². The van der Waals surface area contributed by atoms with E-state index in [-0.39, 0.29) is 0 Å². The van der Waals surface area contributed by atoms with Gasteiger partial charge in [-0.25, -0.2) is 0 Å². The third kappa shape index (κ3) is 2.74. The van der Waals surface area contributed by atoms with Crippen LogP contribution in [0.2, 0.25) is 0 Å². The number of halogens is 3. The Morgan fingerprint density at radius 2 is 2.00 bits per heavy atom. The summed E-state index contributed by atoms with van der Waals surface area (Å²) in [7, 11) is 1.20. The van der Waals surface area contributed by atoms with E-state index in [0.29, 0.717) is 5.56 Å². The van der Waals surface area contributed by atoms with E-state index in [2.05, 4.69) is 4.74 Å². The molecule has 0 N–H and O–H groups in total. The van der Waals surface area contributed by atoms with Gasteiger partial charge in [0.05, 0.1) is 18.6 Å². The molecule has 1 atom stereocenters. The van der Waals surface area contributed by atoms with E-state index < -0.39 is 23.6 Å². The fraction of sp³-hybridized carbons (Fsp3) is 0.364. The number of hydrogen-bond donors (Lipinski definition) is 0. The first kappa shape index (κ1) is 12.5. The van der Waals surface area contributed by atoms with Gasteiger partial charge in [-0.05, 0) is 18.6 Å². The molecule has 0 amide bonds. The van der Waals surface area contributed by atoms with Crippen molar-refractivity contribution >= 4 is 5.97 Å². The molecule has 0 heterocycles. The summed E-state index contributed by atoms with van der Waals surface area (Å²) in [5.41, 5.74) is -0.470. The molecule has 1 rings (SSSR count). The van der Waals surface area contributed by atoms with Gasteiger partial charge >= 0.3 is 12.1 Å². The summed E-state index contributed by atoms with van der Waals surface area (Å²) in [6, 6.07) is 4.67. The summed E-state index contributed by atoms with van der Waals surface area (Å²) in [4.78, 5) is 11.2. The third-order valence-corrected chi connectivity index (χ3v) is 2.27. The molecule has 0 fully saturated rings. The Morgan fingerprint density at radius 3 is 2.50 bits per heavy atom. The predicted octanol–water partition coefficient (Wildman–Crippen LogP) is 2.98. The molecular weight excluding hydrogens is 221 g/mol. The van der Waals surface area contributed by atoms with Gasteiger partial charge in [0, 0.05) is 0 Å². The molecule has 2 nitrogen and oxygen atoms in total. The largest absolute Gasteiger partial charge is 0.469 e. The van der Waals surface area contributed by atoms with Gasteiger partial charge in [-0.15, -0.1) is 0 Å². The Bertz CT molecular complexity index is 385. The summed E-state index contributed by atoms with van der Waals surface area (Å²) >= 11 is 0. The molecule has 0 bridgehead atoms. The molecule has 88 valence electrons. The predicted molar refractivity (Wildman–Crippen MR) is 51.9 cm³/mol. The molecule has 1 unspecified atom stereocenters. The molecule has 0 aliphatic carbocycles. The maximum Gasteiger partial charge on any atom is 0.416 e. The van der Waals surface area contributed by atoms with Gasteiger partial charge in [-0.2, -0.15) is 13.2 Å². The molecule has 0 aliphatic heterocycles. The minimum absolute atomic E-state index is 0.293. The van der Waals surface area contributed by atoms with Crippen molar-refractivity contribution in [2.45, 2.75) is 19.0 Å². The third-order valence-electron chi connectivity index (χ3n) is 2.27. The SMILES string of the molecule is COC(=O)C(C)c1cccc(C(F)(F)F)c1. The summed E-state index contributed by atoms with van der Waals surface area (Å²) in [5.74, 6) is -1.26. The van der Waals surface area contributed by atoms with E-state index >= 15 is 0 Å². The maximum absolute atomic E-state index is 12.4.